The van der Waals surface area contributed by atoms with Gasteiger partial charge in [-0.3, -0.25) is 4.21 Å². The maximum atomic E-state index is 11.7. The van der Waals surface area contributed by atoms with Crippen molar-refractivity contribution in [3.8, 4) is 0 Å². The van der Waals surface area contributed by atoms with Crippen molar-refractivity contribution in [2.45, 2.75) is 18.8 Å². The molecule has 0 amide bonds. The van der Waals surface area contributed by atoms with Gasteiger partial charge in [0.25, 0.3) is 0 Å². The zero-order chi connectivity index (χ0) is 11.8. The predicted molar refractivity (Wildman–Crippen MR) is 65.7 cm³/mol. The van der Waals surface area contributed by atoms with Gasteiger partial charge in [-0.05, 0) is 12.5 Å². The van der Waals surface area contributed by atoms with Gasteiger partial charge in [-0.15, -0.1) is 0 Å². The van der Waals surface area contributed by atoms with Crippen LogP contribution in [0.2, 0.25) is 0 Å². The molecule has 0 aromatic heterocycles. The van der Waals surface area contributed by atoms with E-state index in [2.05, 4.69) is 0 Å². The fourth-order valence-electron chi connectivity index (χ4n) is 1.34. The third kappa shape index (κ3) is 5.39. The Hall–Kier alpha value is -0.710. The minimum atomic E-state index is -1.03. The second-order valence-electron chi connectivity index (χ2n) is 3.55. The Labute approximate surface area is 98.9 Å². The highest BCUT2D eigenvalue weighted by Crippen LogP contribution is 2.04. The molecule has 0 fully saturated rings. The second-order valence-corrected chi connectivity index (χ2v) is 5.05. The quantitative estimate of drug-likeness (QED) is 0.784. The summed E-state index contributed by atoms with van der Waals surface area (Å²) >= 11 is 0. The first-order valence-corrected chi connectivity index (χ1v) is 6.86. The Morgan fingerprint density at radius 3 is 2.69 bits per heavy atom. The van der Waals surface area contributed by atoms with Crippen LogP contribution in [0.25, 0.3) is 0 Å². The maximum absolute atomic E-state index is 11.7. The van der Waals surface area contributed by atoms with E-state index in [1.54, 1.807) is 0 Å². The fourth-order valence-corrected chi connectivity index (χ4v) is 2.54. The highest BCUT2D eigenvalue weighted by molar-refractivity contribution is 7.84. The monoisotopic (exact) mass is 242 g/mol. The van der Waals surface area contributed by atoms with Crippen LogP contribution in [0.15, 0.2) is 30.3 Å². The van der Waals surface area contributed by atoms with Gasteiger partial charge in [0.05, 0.1) is 18.5 Å². The molecule has 0 saturated heterocycles. The van der Waals surface area contributed by atoms with E-state index in [0.717, 1.165) is 5.56 Å². The molecule has 0 aliphatic rings. The van der Waals surface area contributed by atoms with Crippen molar-refractivity contribution in [1.82, 2.24) is 0 Å². The Kier molecular flexibility index (Phi) is 6.30. The summed E-state index contributed by atoms with van der Waals surface area (Å²) in [6.07, 6.45) is -0.635. The lowest BCUT2D eigenvalue weighted by atomic mass is 10.2. The highest BCUT2D eigenvalue weighted by Gasteiger charge is 2.09. The molecule has 1 N–H and O–H groups in total. The van der Waals surface area contributed by atoms with Crippen molar-refractivity contribution in [2.75, 3.05) is 19.0 Å². The van der Waals surface area contributed by atoms with E-state index < -0.39 is 16.9 Å². The van der Waals surface area contributed by atoms with Crippen LogP contribution in [0, 0.1) is 0 Å². The zero-order valence-electron chi connectivity index (χ0n) is 9.46. The van der Waals surface area contributed by atoms with E-state index in [1.807, 2.05) is 37.3 Å². The molecule has 0 aliphatic carbocycles. The fraction of sp³-hybridized carbons (Fsp3) is 0.500. The van der Waals surface area contributed by atoms with Crippen LogP contribution in [0.1, 0.15) is 12.5 Å². The molecular formula is C12H18O3S. The molecule has 0 unspecified atom stereocenters. The first kappa shape index (κ1) is 13.4. The maximum Gasteiger partial charge on any atom is 0.0888 e. The summed E-state index contributed by atoms with van der Waals surface area (Å²) in [4.78, 5) is 0. The van der Waals surface area contributed by atoms with Crippen LogP contribution in [-0.2, 0) is 21.3 Å². The van der Waals surface area contributed by atoms with Crippen LogP contribution in [0.3, 0.4) is 0 Å². The molecule has 2 atom stereocenters. The molecule has 1 aromatic rings. The summed E-state index contributed by atoms with van der Waals surface area (Å²) in [5, 5.41) is 9.51. The van der Waals surface area contributed by atoms with Gasteiger partial charge >= 0.3 is 0 Å². The van der Waals surface area contributed by atoms with Gasteiger partial charge in [0.1, 0.15) is 0 Å². The predicted octanol–water partition coefficient (Wildman–Crippen LogP) is 1.33. The summed E-state index contributed by atoms with van der Waals surface area (Å²) in [6, 6.07) is 9.64. The summed E-state index contributed by atoms with van der Waals surface area (Å²) in [6.45, 7) is 2.70. The first-order chi connectivity index (χ1) is 7.72. The molecule has 0 radical (unpaired) electrons. The number of ether oxygens (including phenoxy) is 1. The normalized spacial score (nSPS) is 14.6. The zero-order valence-corrected chi connectivity index (χ0v) is 10.3. The van der Waals surface area contributed by atoms with Gasteiger partial charge in [-0.2, -0.15) is 0 Å². The van der Waals surface area contributed by atoms with Crippen molar-refractivity contribution in [3.63, 3.8) is 0 Å². The van der Waals surface area contributed by atoms with Gasteiger partial charge < -0.3 is 9.84 Å². The number of hydrogen-bond acceptors (Lipinski definition) is 3. The van der Waals surface area contributed by atoms with Gasteiger partial charge in [0.2, 0.25) is 0 Å². The van der Waals surface area contributed by atoms with Gasteiger partial charge in [-0.25, -0.2) is 0 Å². The van der Waals surface area contributed by atoms with Crippen LogP contribution in [0.5, 0.6) is 0 Å². The molecule has 16 heavy (non-hydrogen) atoms. The third-order valence-electron chi connectivity index (χ3n) is 2.06. The van der Waals surface area contributed by atoms with Crippen molar-refractivity contribution < 1.29 is 14.1 Å². The highest BCUT2D eigenvalue weighted by atomic mass is 32.2. The summed E-state index contributed by atoms with van der Waals surface area (Å²) in [5.74, 6) is 0.763. The summed E-state index contributed by atoms with van der Waals surface area (Å²) in [5.41, 5.74) is 1.03. The van der Waals surface area contributed by atoms with E-state index in [0.29, 0.717) is 12.4 Å². The topological polar surface area (TPSA) is 46.5 Å². The number of benzene rings is 1. The minimum absolute atomic E-state index is 0.261. The molecule has 0 spiro atoms. The number of aliphatic hydroxyl groups excluding tert-OH is 1. The Balaban J connectivity index is 2.31. The molecule has 0 saturated carbocycles. The summed E-state index contributed by atoms with van der Waals surface area (Å²) in [7, 11) is -1.03. The number of rotatable bonds is 7. The molecular weight excluding hydrogens is 224 g/mol. The average molecular weight is 242 g/mol. The standard InChI is InChI=1S/C12H18O3S/c1-2-15-8-12(13)10-16(14)9-11-6-4-3-5-7-11/h3-7,12-13H,2,8-10H2,1H3/t12-,16+/m0/s1. The van der Waals surface area contributed by atoms with Crippen molar-refractivity contribution >= 4 is 10.8 Å². The smallest absolute Gasteiger partial charge is 0.0888 e. The SMILES string of the molecule is CCOC[C@H](O)C[S@](=O)Cc1ccccc1. The second kappa shape index (κ2) is 7.54. The van der Waals surface area contributed by atoms with Crippen LogP contribution >= 0.6 is 0 Å². The molecule has 0 heterocycles. The molecule has 0 bridgehead atoms. The number of aliphatic hydroxyl groups is 1. The molecule has 1 rings (SSSR count). The van der Waals surface area contributed by atoms with Crippen molar-refractivity contribution in [1.29, 1.82) is 0 Å². The Bertz CT molecular complexity index is 313. The van der Waals surface area contributed by atoms with Crippen LogP contribution in [-0.4, -0.2) is 34.4 Å². The lowest BCUT2D eigenvalue weighted by molar-refractivity contribution is 0.0547. The van der Waals surface area contributed by atoms with E-state index in [-0.39, 0.29) is 12.4 Å². The molecule has 1 aromatic carbocycles. The largest absolute Gasteiger partial charge is 0.390 e. The van der Waals surface area contributed by atoms with E-state index in [9.17, 15) is 9.32 Å². The van der Waals surface area contributed by atoms with Crippen LogP contribution in [0.4, 0.5) is 0 Å². The van der Waals surface area contributed by atoms with Crippen molar-refractivity contribution in [2.24, 2.45) is 0 Å². The van der Waals surface area contributed by atoms with Gasteiger partial charge in [0.15, 0.2) is 0 Å². The van der Waals surface area contributed by atoms with Crippen molar-refractivity contribution in [3.05, 3.63) is 35.9 Å². The Morgan fingerprint density at radius 1 is 1.38 bits per heavy atom. The molecule has 3 nitrogen and oxygen atoms in total. The van der Waals surface area contributed by atoms with Crippen LogP contribution < -0.4 is 0 Å². The lowest BCUT2D eigenvalue weighted by Gasteiger charge is -2.09. The van der Waals surface area contributed by atoms with E-state index in [4.69, 9.17) is 4.74 Å². The van der Waals surface area contributed by atoms with E-state index >= 15 is 0 Å². The molecule has 90 valence electrons. The van der Waals surface area contributed by atoms with Gasteiger partial charge in [0, 0.05) is 23.2 Å². The summed E-state index contributed by atoms with van der Waals surface area (Å²) < 4.78 is 16.7. The molecule has 0 aliphatic heterocycles. The third-order valence-corrected chi connectivity index (χ3v) is 3.47. The first-order valence-electron chi connectivity index (χ1n) is 5.37. The average Bonchev–Trinajstić information content (AvgIpc) is 2.27. The minimum Gasteiger partial charge on any atom is -0.390 e. The molecule has 4 heteroatoms. The van der Waals surface area contributed by atoms with E-state index in [1.165, 1.54) is 0 Å². The lowest BCUT2D eigenvalue weighted by Crippen LogP contribution is -2.23. The van der Waals surface area contributed by atoms with Gasteiger partial charge in [-0.1, -0.05) is 30.3 Å². The Morgan fingerprint density at radius 2 is 2.06 bits per heavy atom. The number of hydrogen-bond donors (Lipinski definition) is 1.